The highest BCUT2D eigenvalue weighted by Gasteiger charge is 2.23. The third kappa shape index (κ3) is 1.55. The summed E-state index contributed by atoms with van der Waals surface area (Å²) in [6, 6.07) is 6.24. The van der Waals surface area contributed by atoms with Gasteiger partial charge in [-0.25, -0.2) is 0 Å². The molecular formula is C11H15NO2. The average molecular weight is 193 g/mol. The smallest absolute Gasteiger partial charge is 0.124 e. The van der Waals surface area contributed by atoms with Crippen LogP contribution in [-0.4, -0.2) is 20.3 Å². The number of fused-ring (bicyclic) bond motifs is 1. The molecule has 3 nitrogen and oxygen atoms in total. The number of nitrogens with one attached hydrogen (secondary N) is 1. The van der Waals surface area contributed by atoms with Gasteiger partial charge in [-0.3, -0.25) is 0 Å². The first kappa shape index (κ1) is 9.34. The second-order valence-electron chi connectivity index (χ2n) is 3.33. The van der Waals surface area contributed by atoms with Gasteiger partial charge in [0.25, 0.3) is 0 Å². The Morgan fingerprint density at radius 3 is 3.14 bits per heavy atom. The average Bonchev–Trinajstić information content (AvgIpc) is 2.61. The molecule has 1 aromatic carbocycles. The Hall–Kier alpha value is -1.22. The second kappa shape index (κ2) is 3.88. The van der Waals surface area contributed by atoms with Gasteiger partial charge in [0.05, 0.1) is 13.2 Å². The maximum atomic E-state index is 5.55. The first-order valence-corrected chi connectivity index (χ1v) is 4.89. The predicted octanol–water partition coefficient (Wildman–Crippen LogP) is 1.74. The van der Waals surface area contributed by atoms with Crippen LogP contribution in [-0.2, 0) is 0 Å². The lowest BCUT2D eigenvalue weighted by Gasteiger charge is -2.09. The molecule has 0 amide bonds. The Morgan fingerprint density at radius 1 is 1.57 bits per heavy atom. The van der Waals surface area contributed by atoms with Gasteiger partial charge in [-0.15, -0.1) is 0 Å². The zero-order chi connectivity index (χ0) is 9.97. The molecule has 0 bridgehead atoms. The van der Waals surface area contributed by atoms with Crippen LogP contribution in [0, 0.1) is 0 Å². The molecule has 0 radical (unpaired) electrons. The highest BCUT2D eigenvalue weighted by molar-refractivity contribution is 5.44. The summed E-state index contributed by atoms with van der Waals surface area (Å²) in [5.41, 5.74) is 1.20. The van der Waals surface area contributed by atoms with Crippen molar-refractivity contribution >= 4 is 0 Å². The van der Waals surface area contributed by atoms with Crippen LogP contribution >= 0.6 is 0 Å². The van der Waals surface area contributed by atoms with Crippen molar-refractivity contribution in [3.05, 3.63) is 23.8 Å². The molecule has 76 valence electrons. The van der Waals surface area contributed by atoms with E-state index in [0.29, 0.717) is 6.04 Å². The van der Waals surface area contributed by atoms with Gasteiger partial charge in [-0.1, -0.05) is 6.92 Å². The highest BCUT2D eigenvalue weighted by Crippen LogP contribution is 2.34. The summed E-state index contributed by atoms with van der Waals surface area (Å²) < 4.78 is 10.7. The number of hydrogen-bond donors (Lipinski definition) is 1. The van der Waals surface area contributed by atoms with Crippen molar-refractivity contribution in [1.29, 1.82) is 0 Å². The van der Waals surface area contributed by atoms with Gasteiger partial charge in [-0.05, 0) is 24.7 Å². The van der Waals surface area contributed by atoms with E-state index in [1.165, 1.54) is 5.56 Å². The monoisotopic (exact) mass is 193 g/mol. The van der Waals surface area contributed by atoms with Crippen LogP contribution in [0.15, 0.2) is 18.2 Å². The van der Waals surface area contributed by atoms with E-state index < -0.39 is 0 Å². The van der Waals surface area contributed by atoms with Crippen molar-refractivity contribution in [3.8, 4) is 11.5 Å². The van der Waals surface area contributed by atoms with E-state index in [9.17, 15) is 0 Å². The Morgan fingerprint density at radius 2 is 2.43 bits per heavy atom. The normalized spacial score (nSPS) is 18.9. The maximum absolute atomic E-state index is 5.55. The summed E-state index contributed by atoms with van der Waals surface area (Å²) in [6.45, 7) is 3.76. The quantitative estimate of drug-likeness (QED) is 0.793. The molecule has 0 saturated heterocycles. The Balaban J connectivity index is 2.27. The van der Waals surface area contributed by atoms with E-state index in [4.69, 9.17) is 9.47 Å². The SMILES string of the molecule is CCNC1COc2ccc(OC)cc21. The van der Waals surface area contributed by atoms with Gasteiger partial charge in [-0.2, -0.15) is 0 Å². The Kier molecular flexibility index (Phi) is 2.59. The van der Waals surface area contributed by atoms with Gasteiger partial charge in [0.1, 0.15) is 18.1 Å². The van der Waals surface area contributed by atoms with Crippen LogP contribution in [0.3, 0.4) is 0 Å². The predicted molar refractivity (Wildman–Crippen MR) is 54.9 cm³/mol. The fraction of sp³-hybridized carbons (Fsp3) is 0.455. The van der Waals surface area contributed by atoms with E-state index in [1.54, 1.807) is 7.11 Å². The van der Waals surface area contributed by atoms with Gasteiger partial charge in [0, 0.05) is 5.56 Å². The first-order chi connectivity index (χ1) is 6.85. The molecule has 1 aliphatic rings. The van der Waals surface area contributed by atoms with Crippen LogP contribution in [0.5, 0.6) is 11.5 Å². The van der Waals surface area contributed by atoms with Crippen molar-refractivity contribution in [1.82, 2.24) is 5.32 Å². The van der Waals surface area contributed by atoms with Crippen molar-refractivity contribution in [2.24, 2.45) is 0 Å². The molecule has 14 heavy (non-hydrogen) atoms. The molecule has 0 fully saturated rings. The molecule has 2 rings (SSSR count). The number of rotatable bonds is 3. The van der Waals surface area contributed by atoms with Gasteiger partial charge < -0.3 is 14.8 Å². The maximum Gasteiger partial charge on any atom is 0.124 e. The highest BCUT2D eigenvalue weighted by atomic mass is 16.5. The second-order valence-corrected chi connectivity index (χ2v) is 3.33. The summed E-state index contributed by atoms with van der Waals surface area (Å²) in [6.07, 6.45) is 0. The summed E-state index contributed by atoms with van der Waals surface area (Å²) in [7, 11) is 1.68. The number of ether oxygens (including phenoxy) is 2. The minimum atomic E-state index is 0.310. The summed E-state index contributed by atoms with van der Waals surface area (Å²) in [4.78, 5) is 0. The minimum Gasteiger partial charge on any atom is -0.497 e. The van der Waals surface area contributed by atoms with Crippen molar-refractivity contribution in [2.75, 3.05) is 20.3 Å². The molecule has 1 heterocycles. The number of benzene rings is 1. The van der Waals surface area contributed by atoms with Crippen molar-refractivity contribution < 1.29 is 9.47 Å². The lowest BCUT2D eigenvalue weighted by molar-refractivity contribution is 0.313. The molecule has 0 aliphatic carbocycles. The van der Waals surface area contributed by atoms with Crippen LogP contribution in [0.2, 0.25) is 0 Å². The molecule has 0 aromatic heterocycles. The standard InChI is InChI=1S/C11H15NO2/c1-3-12-10-7-14-11-5-4-8(13-2)6-9(10)11/h4-6,10,12H,3,7H2,1-2H3. The van der Waals surface area contributed by atoms with Gasteiger partial charge >= 0.3 is 0 Å². The van der Waals surface area contributed by atoms with E-state index >= 15 is 0 Å². The van der Waals surface area contributed by atoms with E-state index in [1.807, 2.05) is 18.2 Å². The molecule has 1 aliphatic heterocycles. The zero-order valence-electron chi connectivity index (χ0n) is 8.54. The van der Waals surface area contributed by atoms with Crippen molar-refractivity contribution in [2.45, 2.75) is 13.0 Å². The lowest BCUT2D eigenvalue weighted by atomic mass is 10.1. The third-order valence-electron chi connectivity index (χ3n) is 2.45. The molecule has 0 spiro atoms. The lowest BCUT2D eigenvalue weighted by Crippen LogP contribution is -2.21. The van der Waals surface area contributed by atoms with E-state index in [0.717, 1.165) is 24.7 Å². The number of methoxy groups -OCH3 is 1. The largest absolute Gasteiger partial charge is 0.497 e. The Labute approximate surface area is 84.0 Å². The molecule has 0 saturated carbocycles. The molecule has 3 heteroatoms. The molecule has 1 aromatic rings. The summed E-state index contributed by atoms with van der Waals surface area (Å²) in [5, 5.41) is 3.37. The fourth-order valence-corrected chi connectivity index (χ4v) is 1.74. The molecule has 1 atom stereocenters. The van der Waals surface area contributed by atoms with Crippen LogP contribution in [0.1, 0.15) is 18.5 Å². The summed E-state index contributed by atoms with van der Waals surface area (Å²) in [5.74, 6) is 1.86. The molecule has 1 N–H and O–H groups in total. The van der Waals surface area contributed by atoms with Crippen molar-refractivity contribution in [3.63, 3.8) is 0 Å². The fourth-order valence-electron chi connectivity index (χ4n) is 1.74. The summed E-state index contributed by atoms with van der Waals surface area (Å²) >= 11 is 0. The van der Waals surface area contributed by atoms with E-state index in [-0.39, 0.29) is 0 Å². The van der Waals surface area contributed by atoms with Crippen LogP contribution < -0.4 is 14.8 Å². The number of likely N-dealkylation sites (N-methyl/N-ethyl adjacent to an activating group) is 1. The zero-order valence-corrected chi connectivity index (χ0v) is 8.54. The molecular weight excluding hydrogens is 178 g/mol. The topological polar surface area (TPSA) is 30.5 Å². The van der Waals surface area contributed by atoms with Crippen LogP contribution in [0.4, 0.5) is 0 Å². The third-order valence-corrected chi connectivity index (χ3v) is 2.45. The minimum absolute atomic E-state index is 0.310. The van der Waals surface area contributed by atoms with Gasteiger partial charge in [0.2, 0.25) is 0 Å². The van der Waals surface area contributed by atoms with Gasteiger partial charge in [0.15, 0.2) is 0 Å². The first-order valence-electron chi connectivity index (χ1n) is 4.89. The van der Waals surface area contributed by atoms with Crippen LogP contribution in [0.25, 0.3) is 0 Å². The molecule has 1 unspecified atom stereocenters. The number of hydrogen-bond acceptors (Lipinski definition) is 3. The Bertz CT molecular complexity index is 323. The van der Waals surface area contributed by atoms with E-state index in [2.05, 4.69) is 12.2 Å².